The average molecular weight is 300 g/mol. The Morgan fingerprint density at radius 3 is 2.58 bits per heavy atom. The Morgan fingerprint density at radius 1 is 1.37 bits per heavy atom. The molecule has 0 aliphatic carbocycles. The van der Waals surface area contributed by atoms with Crippen LogP contribution in [-0.2, 0) is 9.84 Å². The van der Waals surface area contributed by atoms with Gasteiger partial charge in [-0.3, -0.25) is 0 Å². The second kappa shape index (κ2) is 5.75. The lowest BCUT2D eigenvalue weighted by Crippen LogP contribution is -2.38. The monoisotopic (exact) mass is 300 g/mol. The Hall–Kier alpha value is -1.34. The van der Waals surface area contributed by atoms with E-state index < -0.39 is 9.84 Å². The summed E-state index contributed by atoms with van der Waals surface area (Å²) in [7, 11) is -1.28. The molecule has 0 aromatic heterocycles. The van der Waals surface area contributed by atoms with Crippen LogP contribution < -0.4 is 15.4 Å². The van der Waals surface area contributed by atoms with Gasteiger partial charge < -0.3 is 15.4 Å². The van der Waals surface area contributed by atoms with Gasteiger partial charge in [-0.05, 0) is 42.9 Å². The topological polar surface area (TPSA) is 67.4 Å². The Balaban J connectivity index is 1.87. The highest BCUT2D eigenvalue weighted by Crippen LogP contribution is 2.15. The summed E-state index contributed by atoms with van der Waals surface area (Å²) in [4.78, 5) is 0. The van der Waals surface area contributed by atoms with Gasteiger partial charge in [0.15, 0.2) is 14.9 Å². The molecule has 2 rings (SSSR count). The van der Waals surface area contributed by atoms with Gasteiger partial charge in [-0.2, -0.15) is 0 Å². The summed E-state index contributed by atoms with van der Waals surface area (Å²) in [5.74, 6) is 1.15. The van der Waals surface area contributed by atoms with E-state index in [0.717, 1.165) is 11.4 Å². The van der Waals surface area contributed by atoms with E-state index in [1.165, 1.54) is 0 Å². The van der Waals surface area contributed by atoms with Gasteiger partial charge in [-0.15, -0.1) is 0 Å². The lowest BCUT2D eigenvalue weighted by Gasteiger charge is -2.15. The zero-order chi connectivity index (χ0) is 13.9. The summed E-state index contributed by atoms with van der Waals surface area (Å²) < 4.78 is 27.7. The predicted octanol–water partition coefficient (Wildman–Crippen LogP) is 1.17. The molecule has 1 aromatic rings. The molecule has 0 saturated carbocycles. The summed E-state index contributed by atoms with van der Waals surface area (Å²) in [6.45, 7) is 0. The molecule has 0 bridgehead atoms. The third-order valence-corrected chi connectivity index (χ3v) is 4.90. The molecule has 1 saturated heterocycles. The Morgan fingerprint density at radius 2 is 2.05 bits per heavy atom. The SMILES string of the molecule is COc1ccc(NC(=S)N[C@H]2CCS(=O)(=O)C2)cc1. The smallest absolute Gasteiger partial charge is 0.171 e. The third-order valence-electron chi connectivity index (χ3n) is 2.92. The fraction of sp³-hybridized carbons (Fsp3) is 0.417. The van der Waals surface area contributed by atoms with Gasteiger partial charge in [0.2, 0.25) is 0 Å². The molecule has 0 spiro atoms. The van der Waals surface area contributed by atoms with Gasteiger partial charge in [-0.25, -0.2) is 8.42 Å². The summed E-state index contributed by atoms with van der Waals surface area (Å²) in [6.07, 6.45) is 0.604. The molecule has 1 fully saturated rings. The lowest BCUT2D eigenvalue weighted by molar-refractivity contribution is 0.415. The molecule has 7 heteroatoms. The highest BCUT2D eigenvalue weighted by Gasteiger charge is 2.28. The standard InChI is InChI=1S/C12H16N2O3S2/c1-17-11-4-2-9(3-5-11)13-12(18)14-10-6-7-19(15,16)8-10/h2-5,10H,6-8H2,1H3,(H2,13,14,18)/t10-/m0/s1. The molecule has 19 heavy (non-hydrogen) atoms. The van der Waals surface area contributed by atoms with Crippen LogP contribution in [0, 0.1) is 0 Å². The quantitative estimate of drug-likeness (QED) is 0.817. The van der Waals surface area contributed by atoms with Crippen LogP contribution in [0.5, 0.6) is 5.75 Å². The van der Waals surface area contributed by atoms with Crippen LogP contribution in [0.4, 0.5) is 5.69 Å². The van der Waals surface area contributed by atoms with Crippen molar-refractivity contribution in [2.75, 3.05) is 23.9 Å². The first-order valence-corrected chi connectivity index (χ1v) is 8.13. The van der Waals surface area contributed by atoms with Crippen LogP contribution in [0.2, 0.25) is 0 Å². The molecule has 1 aliphatic heterocycles. The average Bonchev–Trinajstić information content (AvgIpc) is 2.69. The number of nitrogens with one attached hydrogen (secondary N) is 2. The maximum absolute atomic E-state index is 11.3. The van der Waals surface area contributed by atoms with Crippen molar-refractivity contribution in [1.29, 1.82) is 0 Å². The van der Waals surface area contributed by atoms with Crippen molar-refractivity contribution in [3.63, 3.8) is 0 Å². The van der Waals surface area contributed by atoms with Crippen molar-refractivity contribution in [2.24, 2.45) is 0 Å². The molecule has 1 atom stereocenters. The highest BCUT2D eigenvalue weighted by molar-refractivity contribution is 7.91. The first-order chi connectivity index (χ1) is 8.98. The van der Waals surface area contributed by atoms with Gasteiger partial charge in [0.25, 0.3) is 0 Å². The van der Waals surface area contributed by atoms with Gasteiger partial charge in [-0.1, -0.05) is 0 Å². The van der Waals surface area contributed by atoms with Crippen molar-refractivity contribution in [2.45, 2.75) is 12.5 Å². The molecule has 1 aromatic carbocycles. The van der Waals surface area contributed by atoms with Crippen LogP contribution in [0.15, 0.2) is 24.3 Å². The number of sulfone groups is 1. The highest BCUT2D eigenvalue weighted by atomic mass is 32.2. The van der Waals surface area contributed by atoms with E-state index in [2.05, 4.69) is 10.6 Å². The van der Waals surface area contributed by atoms with E-state index in [-0.39, 0.29) is 17.5 Å². The van der Waals surface area contributed by atoms with Crippen LogP contribution in [0.1, 0.15) is 6.42 Å². The maximum Gasteiger partial charge on any atom is 0.171 e. The second-order valence-electron chi connectivity index (χ2n) is 4.43. The molecule has 0 amide bonds. The van der Waals surface area contributed by atoms with E-state index in [4.69, 9.17) is 17.0 Å². The lowest BCUT2D eigenvalue weighted by atomic mass is 10.3. The van der Waals surface area contributed by atoms with E-state index in [0.29, 0.717) is 11.5 Å². The second-order valence-corrected chi connectivity index (χ2v) is 7.06. The number of thiocarbonyl (C=S) groups is 1. The number of rotatable bonds is 3. The van der Waals surface area contributed by atoms with Crippen LogP contribution in [0.25, 0.3) is 0 Å². The normalized spacial score (nSPS) is 20.8. The van der Waals surface area contributed by atoms with Gasteiger partial charge in [0, 0.05) is 11.7 Å². The van der Waals surface area contributed by atoms with E-state index in [9.17, 15) is 8.42 Å². The van der Waals surface area contributed by atoms with Crippen molar-refractivity contribution in [3.8, 4) is 5.75 Å². The van der Waals surface area contributed by atoms with Crippen molar-refractivity contribution in [3.05, 3.63) is 24.3 Å². The zero-order valence-corrected chi connectivity index (χ0v) is 12.2. The Bertz CT molecular complexity index is 555. The maximum atomic E-state index is 11.3. The summed E-state index contributed by atoms with van der Waals surface area (Å²) in [5.41, 5.74) is 0.833. The summed E-state index contributed by atoms with van der Waals surface area (Å²) in [5, 5.41) is 6.48. The Labute approximate surface area is 118 Å². The number of anilines is 1. The molecule has 1 heterocycles. The largest absolute Gasteiger partial charge is 0.497 e. The minimum absolute atomic E-state index is 0.0942. The number of hydrogen-bond donors (Lipinski definition) is 2. The molecule has 104 valence electrons. The minimum atomic E-state index is -2.89. The van der Waals surface area contributed by atoms with Crippen molar-refractivity contribution < 1.29 is 13.2 Å². The van der Waals surface area contributed by atoms with Crippen LogP contribution in [-0.4, -0.2) is 38.2 Å². The number of hydrogen-bond acceptors (Lipinski definition) is 4. The van der Waals surface area contributed by atoms with Crippen LogP contribution >= 0.6 is 12.2 Å². The molecular formula is C12H16N2O3S2. The predicted molar refractivity (Wildman–Crippen MR) is 79.4 cm³/mol. The summed E-state index contributed by atoms with van der Waals surface area (Å²) in [6, 6.07) is 7.25. The van der Waals surface area contributed by atoms with Crippen molar-refractivity contribution in [1.82, 2.24) is 5.32 Å². The Kier molecular flexibility index (Phi) is 4.26. The van der Waals surface area contributed by atoms with Crippen LogP contribution in [0.3, 0.4) is 0 Å². The zero-order valence-electron chi connectivity index (χ0n) is 10.5. The number of benzene rings is 1. The first kappa shape index (κ1) is 14.1. The number of methoxy groups -OCH3 is 1. The van der Waals surface area contributed by atoms with Gasteiger partial charge in [0.1, 0.15) is 5.75 Å². The molecule has 0 unspecified atom stereocenters. The van der Waals surface area contributed by atoms with E-state index >= 15 is 0 Å². The fourth-order valence-corrected chi connectivity index (χ4v) is 3.89. The first-order valence-electron chi connectivity index (χ1n) is 5.90. The van der Waals surface area contributed by atoms with E-state index in [1.54, 1.807) is 7.11 Å². The van der Waals surface area contributed by atoms with Crippen molar-refractivity contribution >= 4 is 32.9 Å². The molecule has 0 radical (unpaired) electrons. The summed E-state index contributed by atoms with van der Waals surface area (Å²) >= 11 is 5.16. The molecule has 5 nitrogen and oxygen atoms in total. The minimum Gasteiger partial charge on any atom is -0.497 e. The van der Waals surface area contributed by atoms with E-state index in [1.807, 2.05) is 24.3 Å². The third kappa shape index (κ3) is 4.07. The van der Waals surface area contributed by atoms with Gasteiger partial charge >= 0.3 is 0 Å². The van der Waals surface area contributed by atoms with Gasteiger partial charge in [0.05, 0.1) is 18.6 Å². The molecular weight excluding hydrogens is 284 g/mol. The fourth-order valence-electron chi connectivity index (χ4n) is 1.94. The number of ether oxygens (including phenoxy) is 1. The molecule has 1 aliphatic rings. The molecule has 2 N–H and O–H groups in total.